The van der Waals surface area contributed by atoms with E-state index in [2.05, 4.69) is 0 Å². The second-order valence-corrected chi connectivity index (χ2v) is 5.38. The van der Waals surface area contributed by atoms with Gasteiger partial charge in [0.2, 0.25) is 5.91 Å². The van der Waals surface area contributed by atoms with Crippen LogP contribution in [0.15, 0.2) is 30.3 Å². The molecular formula is C15H16F3NO3. The molecule has 120 valence electrons. The minimum atomic E-state index is -4.46. The monoisotopic (exact) mass is 315 g/mol. The van der Waals surface area contributed by atoms with E-state index in [0.717, 1.165) is 11.8 Å². The summed E-state index contributed by atoms with van der Waals surface area (Å²) in [4.78, 5) is 24.8. The van der Waals surface area contributed by atoms with Gasteiger partial charge in [0, 0.05) is 5.92 Å². The van der Waals surface area contributed by atoms with Crippen molar-refractivity contribution in [3.05, 3.63) is 35.9 Å². The fourth-order valence-corrected chi connectivity index (χ4v) is 2.52. The van der Waals surface area contributed by atoms with Gasteiger partial charge in [-0.25, -0.2) is 9.69 Å². The van der Waals surface area contributed by atoms with Crippen molar-refractivity contribution in [3.8, 4) is 0 Å². The van der Waals surface area contributed by atoms with Crippen LogP contribution >= 0.6 is 0 Å². The molecule has 0 aliphatic carbocycles. The predicted octanol–water partition coefficient (Wildman–Crippen LogP) is 3.68. The molecule has 1 aliphatic rings. The molecule has 2 rings (SSSR count). The summed E-state index contributed by atoms with van der Waals surface area (Å²) in [6.07, 6.45) is -7.30. The Balaban J connectivity index is 2.15. The zero-order chi connectivity index (χ0) is 16.5. The van der Waals surface area contributed by atoms with E-state index in [0.29, 0.717) is 5.56 Å². The zero-order valence-corrected chi connectivity index (χ0v) is 12.1. The molecule has 0 N–H and O–H groups in total. The van der Waals surface area contributed by atoms with Crippen LogP contribution in [0.5, 0.6) is 0 Å². The molecule has 0 unspecified atom stereocenters. The van der Waals surface area contributed by atoms with Crippen LogP contribution < -0.4 is 0 Å². The molecule has 1 aromatic rings. The normalized spacial score (nSPS) is 23.3. The number of cyclic esters (lactones) is 1. The van der Waals surface area contributed by atoms with E-state index < -0.39 is 42.7 Å². The van der Waals surface area contributed by atoms with Gasteiger partial charge in [-0.2, -0.15) is 13.2 Å². The van der Waals surface area contributed by atoms with Crippen LogP contribution in [0.2, 0.25) is 0 Å². The molecule has 3 atom stereocenters. The number of rotatable bonds is 3. The van der Waals surface area contributed by atoms with Gasteiger partial charge in [0.25, 0.3) is 0 Å². The predicted molar refractivity (Wildman–Crippen MR) is 71.8 cm³/mol. The number of carbonyl (C=O) groups excluding carboxylic acids is 2. The summed E-state index contributed by atoms with van der Waals surface area (Å²) in [5.41, 5.74) is 0.696. The second kappa shape index (κ2) is 5.98. The van der Waals surface area contributed by atoms with Crippen LogP contribution in [0.25, 0.3) is 0 Å². The lowest BCUT2D eigenvalue weighted by Crippen LogP contribution is -2.42. The average Bonchev–Trinajstić information content (AvgIpc) is 2.72. The Kier molecular flexibility index (Phi) is 4.44. The third-order valence-corrected chi connectivity index (χ3v) is 3.59. The lowest BCUT2D eigenvalue weighted by molar-refractivity contribution is -0.157. The first-order chi connectivity index (χ1) is 10.2. The molecule has 1 heterocycles. The SMILES string of the molecule is C[C@@H]1[C@H](c2ccccc2)OC(=O)N1C(=O)[C@@H](C)CC(F)(F)F. The number of hydrogen-bond acceptors (Lipinski definition) is 3. The summed E-state index contributed by atoms with van der Waals surface area (Å²) >= 11 is 0. The van der Waals surface area contributed by atoms with Crippen LogP contribution in [-0.2, 0) is 9.53 Å². The summed E-state index contributed by atoms with van der Waals surface area (Å²) in [6, 6.07) is 8.12. The van der Waals surface area contributed by atoms with Crippen molar-refractivity contribution in [2.24, 2.45) is 5.92 Å². The molecule has 1 aliphatic heterocycles. The van der Waals surface area contributed by atoms with Crippen LogP contribution in [0.3, 0.4) is 0 Å². The molecule has 1 aromatic carbocycles. The van der Waals surface area contributed by atoms with Crippen molar-refractivity contribution >= 4 is 12.0 Å². The Hall–Kier alpha value is -2.05. The largest absolute Gasteiger partial charge is 0.439 e. The van der Waals surface area contributed by atoms with Crippen molar-refractivity contribution in [1.82, 2.24) is 4.90 Å². The summed E-state index contributed by atoms with van der Waals surface area (Å²) in [5.74, 6) is -2.20. The van der Waals surface area contributed by atoms with Crippen LogP contribution in [0, 0.1) is 5.92 Å². The molecule has 0 saturated carbocycles. The van der Waals surface area contributed by atoms with E-state index in [1.807, 2.05) is 0 Å². The first-order valence-corrected chi connectivity index (χ1v) is 6.86. The van der Waals surface area contributed by atoms with Gasteiger partial charge < -0.3 is 4.74 Å². The van der Waals surface area contributed by atoms with Gasteiger partial charge >= 0.3 is 12.3 Å². The molecule has 0 spiro atoms. The van der Waals surface area contributed by atoms with E-state index in [9.17, 15) is 22.8 Å². The number of carbonyl (C=O) groups is 2. The Morgan fingerprint density at radius 2 is 1.91 bits per heavy atom. The Bertz CT molecular complexity index is 559. The molecule has 0 radical (unpaired) electrons. The van der Waals surface area contributed by atoms with Gasteiger partial charge in [0.1, 0.15) is 6.10 Å². The van der Waals surface area contributed by atoms with E-state index in [1.165, 1.54) is 0 Å². The van der Waals surface area contributed by atoms with Gasteiger partial charge in [-0.1, -0.05) is 37.3 Å². The van der Waals surface area contributed by atoms with Crippen LogP contribution in [-0.4, -0.2) is 29.1 Å². The molecular weight excluding hydrogens is 299 g/mol. The zero-order valence-electron chi connectivity index (χ0n) is 12.1. The van der Waals surface area contributed by atoms with E-state index in [-0.39, 0.29) is 0 Å². The van der Waals surface area contributed by atoms with Gasteiger partial charge in [-0.05, 0) is 12.5 Å². The molecule has 1 fully saturated rings. The molecule has 4 nitrogen and oxygen atoms in total. The number of imide groups is 1. The number of halogens is 3. The van der Waals surface area contributed by atoms with Gasteiger partial charge in [0.15, 0.2) is 0 Å². The van der Waals surface area contributed by atoms with E-state index in [4.69, 9.17) is 4.74 Å². The fourth-order valence-electron chi connectivity index (χ4n) is 2.52. The number of nitrogens with zero attached hydrogens (tertiary/aromatic N) is 1. The van der Waals surface area contributed by atoms with Gasteiger partial charge in [-0.3, -0.25) is 4.79 Å². The molecule has 1 saturated heterocycles. The minimum absolute atomic E-state index is 0.655. The van der Waals surface area contributed by atoms with Crippen molar-refractivity contribution in [2.75, 3.05) is 0 Å². The lowest BCUT2D eigenvalue weighted by atomic mass is 10.0. The topological polar surface area (TPSA) is 46.6 Å². The highest BCUT2D eigenvalue weighted by Gasteiger charge is 2.46. The molecule has 0 aromatic heterocycles. The van der Waals surface area contributed by atoms with Crippen molar-refractivity contribution in [1.29, 1.82) is 0 Å². The maximum absolute atomic E-state index is 12.4. The highest BCUT2D eigenvalue weighted by Crippen LogP contribution is 2.34. The summed E-state index contributed by atoms with van der Waals surface area (Å²) in [7, 11) is 0. The number of alkyl halides is 3. The van der Waals surface area contributed by atoms with Gasteiger partial charge in [-0.15, -0.1) is 0 Å². The van der Waals surface area contributed by atoms with Crippen molar-refractivity contribution < 1.29 is 27.5 Å². The maximum Gasteiger partial charge on any atom is 0.417 e. The average molecular weight is 315 g/mol. The van der Waals surface area contributed by atoms with Crippen LogP contribution in [0.4, 0.5) is 18.0 Å². The summed E-state index contributed by atoms with van der Waals surface area (Å²) in [5, 5.41) is 0. The Morgan fingerprint density at radius 1 is 1.32 bits per heavy atom. The first kappa shape index (κ1) is 16.3. The smallest absolute Gasteiger partial charge is 0.417 e. The maximum atomic E-state index is 12.4. The van der Waals surface area contributed by atoms with Crippen LogP contribution in [0.1, 0.15) is 31.9 Å². The number of ether oxygens (including phenoxy) is 1. The summed E-state index contributed by atoms with van der Waals surface area (Å²) < 4.78 is 42.4. The first-order valence-electron chi connectivity index (χ1n) is 6.86. The number of hydrogen-bond donors (Lipinski definition) is 0. The number of amides is 2. The van der Waals surface area contributed by atoms with Crippen molar-refractivity contribution in [2.45, 2.75) is 38.6 Å². The standard InChI is InChI=1S/C15H16F3NO3/c1-9(8-15(16,17)18)13(20)19-10(2)12(22-14(19)21)11-6-4-3-5-7-11/h3-7,9-10,12H,8H2,1-2H3/t9-,10+,12+/m0/s1. The van der Waals surface area contributed by atoms with Crippen molar-refractivity contribution in [3.63, 3.8) is 0 Å². The minimum Gasteiger partial charge on any atom is -0.439 e. The molecule has 2 amide bonds. The second-order valence-electron chi connectivity index (χ2n) is 5.38. The Morgan fingerprint density at radius 3 is 2.45 bits per heavy atom. The molecule has 0 bridgehead atoms. The molecule has 22 heavy (non-hydrogen) atoms. The van der Waals surface area contributed by atoms with Gasteiger partial charge in [0.05, 0.1) is 12.5 Å². The van der Waals surface area contributed by atoms with E-state index >= 15 is 0 Å². The quantitative estimate of drug-likeness (QED) is 0.855. The Labute approximate surface area is 125 Å². The third-order valence-electron chi connectivity index (χ3n) is 3.59. The fraction of sp³-hybridized carbons (Fsp3) is 0.467. The molecule has 7 heteroatoms. The third kappa shape index (κ3) is 3.40. The summed E-state index contributed by atoms with van der Waals surface area (Å²) in [6.45, 7) is 2.74. The lowest BCUT2D eigenvalue weighted by Gasteiger charge is -2.23. The van der Waals surface area contributed by atoms with E-state index in [1.54, 1.807) is 37.3 Å². The number of benzene rings is 1. The highest BCUT2D eigenvalue weighted by molar-refractivity contribution is 5.94. The highest BCUT2D eigenvalue weighted by atomic mass is 19.4.